The Morgan fingerprint density at radius 3 is 2.48 bits per heavy atom. The molecule has 5 nitrogen and oxygen atoms in total. The molecule has 0 aromatic rings. The van der Waals surface area contributed by atoms with Crippen LogP contribution in [0, 0.1) is 5.92 Å². The molecule has 2 rings (SSSR count). The fraction of sp³-hybridized carbons (Fsp3) is 0.789. The fourth-order valence-corrected chi connectivity index (χ4v) is 4.56. The zero-order chi connectivity index (χ0) is 18.4. The van der Waals surface area contributed by atoms with Gasteiger partial charge in [0.05, 0.1) is 6.61 Å². The summed E-state index contributed by atoms with van der Waals surface area (Å²) < 4.78 is 10.6. The van der Waals surface area contributed by atoms with Gasteiger partial charge in [-0.25, -0.2) is 9.59 Å². The average molecular weight is 370 g/mol. The van der Waals surface area contributed by atoms with E-state index in [9.17, 15) is 9.59 Å². The Balaban J connectivity index is 1.78. The second-order valence-corrected chi connectivity index (χ2v) is 8.81. The molecular weight excluding hydrogens is 338 g/mol. The number of amides is 1. The summed E-state index contributed by atoms with van der Waals surface area (Å²) in [6.45, 7) is 9.47. The molecule has 1 heterocycles. The monoisotopic (exact) mass is 369 g/mol. The minimum Gasteiger partial charge on any atom is -0.463 e. The SMILES string of the molecule is CCOC(=O)C1=C(SCC2CCN(C(=O)OC(C)(C)C)CC2)CCC1. The van der Waals surface area contributed by atoms with E-state index >= 15 is 0 Å². The van der Waals surface area contributed by atoms with Crippen LogP contribution in [0.5, 0.6) is 0 Å². The maximum atomic E-state index is 12.1. The number of esters is 1. The highest BCUT2D eigenvalue weighted by molar-refractivity contribution is 8.03. The number of carbonyl (C=O) groups is 2. The lowest BCUT2D eigenvalue weighted by molar-refractivity contribution is -0.138. The molecule has 0 saturated carbocycles. The van der Waals surface area contributed by atoms with E-state index in [2.05, 4.69) is 0 Å². The second kappa shape index (κ2) is 8.97. The average Bonchev–Trinajstić information content (AvgIpc) is 3.00. The van der Waals surface area contributed by atoms with Gasteiger partial charge in [0.1, 0.15) is 5.60 Å². The summed E-state index contributed by atoms with van der Waals surface area (Å²) in [6.07, 6.45) is 4.67. The third kappa shape index (κ3) is 6.24. The molecule has 0 spiro atoms. The first-order chi connectivity index (χ1) is 11.8. The van der Waals surface area contributed by atoms with E-state index in [0.29, 0.717) is 12.5 Å². The van der Waals surface area contributed by atoms with E-state index in [0.717, 1.165) is 56.5 Å². The van der Waals surface area contributed by atoms with E-state index in [1.165, 1.54) is 4.91 Å². The van der Waals surface area contributed by atoms with Gasteiger partial charge in [0.2, 0.25) is 0 Å². The number of piperidine rings is 1. The Kier molecular flexibility index (Phi) is 7.23. The van der Waals surface area contributed by atoms with Crippen molar-refractivity contribution in [2.45, 2.75) is 65.4 Å². The highest BCUT2D eigenvalue weighted by atomic mass is 32.2. The molecule has 0 aromatic heterocycles. The number of rotatable bonds is 5. The van der Waals surface area contributed by atoms with Crippen LogP contribution in [-0.4, -0.2) is 48.0 Å². The number of nitrogens with zero attached hydrogens (tertiary/aromatic N) is 1. The highest BCUT2D eigenvalue weighted by Crippen LogP contribution is 2.37. The number of likely N-dealkylation sites (tertiary alicyclic amines) is 1. The predicted octanol–water partition coefficient (Wildman–Crippen LogP) is 4.37. The smallest absolute Gasteiger partial charge is 0.410 e. The number of hydrogen-bond donors (Lipinski definition) is 0. The first-order valence-corrected chi connectivity index (χ1v) is 10.3. The number of hydrogen-bond acceptors (Lipinski definition) is 5. The number of allylic oxidation sites excluding steroid dienone is 1. The Bertz CT molecular complexity index is 516. The summed E-state index contributed by atoms with van der Waals surface area (Å²) in [7, 11) is 0. The quantitative estimate of drug-likeness (QED) is 0.674. The fourth-order valence-electron chi connectivity index (χ4n) is 3.14. The lowest BCUT2D eigenvalue weighted by Gasteiger charge is -2.33. The Morgan fingerprint density at radius 2 is 1.88 bits per heavy atom. The molecule has 25 heavy (non-hydrogen) atoms. The van der Waals surface area contributed by atoms with Gasteiger partial charge in [0.15, 0.2) is 0 Å². The van der Waals surface area contributed by atoms with Crippen LogP contribution in [0.1, 0.15) is 59.8 Å². The van der Waals surface area contributed by atoms with Crippen LogP contribution in [0.3, 0.4) is 0 Å². The number of carbonyl (C=O) groups excluding carboxylic acids is 2. The molecule has 2 aliphatic rings. The van der Waals surface area contributed by atoms with Crippen LogP contribution in [0.25, 0.3) is 0 Å². The molecule has 0 aromatic carbocycles. The molecule has 1 aliphatic carbocycles. The van der Waals surface area contributed by atoms with Gasteiger partial charge in [-0.3, -0.25) is 0 Å². The normalized spacial score (nSPS) is 19.3. The maximum absolute atomic E-state index is 12.1. The van der Waals surface area contributed by atoms with Gasteiger partial charge in [-0.05, 0) is 70.6 Å². The van der Waals surface area contributed by atoms with E-state index < -0.39 is 5.60 Å². The van der Waals surface area contributed by atoms with E-state index in [-0.39, 0.29) is 12.1 Å². The number of ether oxygens (including phenoxy) is 2. The lowest BCUT2D eigenvalue weighted by Crippen LogP contribution is -2.42. The van der Waals surface area contributed by atoms with E-state index in [1.807, 2.05) is 44.4 Å². The zero-order valence-corrected chi connectivity index (χ0v) is 16.7. The van der Waals surface area contributed by atoms with Crippen molar-refractivity contribution < 1.29 is 19.1 Å². The summed E-state index contributed by atoms with van der Waals surface area (Å²) in [4.78, 5) is 27.1. The van der Waals surface area contributed by atoms with Crippen molar-refractivity contribution in [2.75, 3.05) is 25.4 Å². The highest BCUT2D eigenvalue weighted by Gasteiger charge is 2.28. The van der Waals surface area contributed by atoms with Crippen molar-refractivity contribution in [1.29, 1.82) is 0 Å². The molecule has 0 atom stereocenters. The largest absolute Gasteiger partial charge is 0.463 e. The van der Waals surface area contributed by atoms with Crippen molar-refractivity contribution in [2.24, 2.45) is 5.92 Å². The van der Waals surface area contributed by atoms with Gasteiger partial charge in [0, 0.05) is 24.4 Å². The van der Waals surface area contributed by atoms with Crippen LogP contribution < -0.4 is 0 Å². The molecule has 0 N–H and O–H groups in total. The van der Waals surface area contributed by atoms with Crippen molar-refractivity contribution in [3.8, 4) is 0 Å². The van der Waals surface area contributed by atoms with Gasteiger partial charge in [0.25, 0.3) is 0 Å². The van der Waals surface area contributed by atoms with Crippen LogP contribution in [-0.2, 0) is 14.3 Å². The van der Waals surface area contributed by atoms with E-state index in [1.54, 1.807) is 0 Å². The first kappa shape index (κ1) is 20.1. The van der Waals surface area contributed by atoms with Crippen molar-refractivity contribution in [3.05, 3.63) is 10.5 Å². The summed E-state index contributed by atoms with van der Waals surface area (Å²) in [5.74, 6) is 1.46. The summed E-state index contributed by atoms with van der Waals surface area (Å²) >= 11 is 1.82. The van der Waals surface area contributed by atoms with Crippen LogP contribution in [0.2, 0.25) is 0 Å². The zero-order valence-electron chi connectivity index (χ0n) is 15.9. The standard InChI is InChI=1S/C19H31NO4S/c1-5-23-17(21)15-7-6-8-16(15)25-13-14-9-11-20(12-10-14)18(22)24-19(2,3)4/h14H,5-13H2,1-4H3. The van der Waals surface area contributed by atoms with Crippen molar-refractivity contribution in [1.82, 2.24) is 4.90 Å². The topological polar surface area (TPSA) is 55.8 Å². The Labute approximate surface area is 155 Å². The van der Waals surface area contributed by atoms with Crippen molar-refractivity contribution in [3.63, 3.8) is 0 Å². The Hall–Kier alpha value is -1.17. The molecule has 6 heteroatoms. The van der Waals surface area contributed by atoms with Gasteiger partial charge in [-0.15, -0.1) is 11.8 Å². The molecule has 142 valence electrons. The van der Waals surface area contributed by atoms with Crippen LogP contribution in [0.4, 0.5) is 4.79 Å². The maximum Gasteiger partial charge on any atom is 0.410 e. The molecule has 0 bridgehead atoms. The minimum absolute atomic E-state index is 0.137. The summed E-state index contributed by atoms with van der Waals surface area (Å²) in [5, 5.41) is 0. The van der Waals surface area contributed by atoms with E-state index in [4.69, 9.17) is 9.47 Å². The second-order valence-electron chi connectivity index (χ2n) is 7.70. The summed E-state index contributed by atoms with van der Waals surface area (Å²) in [5.41, 5.74) is 0.445. The third-order valence-electron chi connectivity index (χ3n) is 4.45. The predicted molar refractivity (Wildman–Crippen MR) is 100 cm³/mol. The van der Waals surface area contributed by atoms with Crippen LogP contribution in [0.15, 0.2) is 10.5 Å². The van der Waals surface area contributed by atoms with Crippen LogP contribution >= 0.6 is 11.8 Å². The van der Waals surface area contributed by atoms with Crippen molar-refractivity contribution >= 4 is 23.8 Å². The molecule has 1 saturated heterocycles. The molecular formula is C19H31NO4S. The molecule has 1 amide bonds. The molecule has 0 radical (unpaired) electrons. The first-order valence-electron chi connectivity index (χ1n) is 9.30. The lowest BCUT2D eigenvalue weighted by atomic mass is 9.99. The molecule has 1 fully saturated rings. The third-order valence-corrected chi connectivity index (χ3v) is 5.89. The van der Waals surface area contributed by atoms with Gasteiger partial charge in [-0.1, -0.05) is 0 Å². The van der Waals surface area contributed by atoms with Gasteiger partial charge < -0.3 is 14.4 Å². The molecule has 0 unspecified atom stereocenters. The minimum atomic E-state index is -0.442. The summed E-state index contributed by atoms with van der Waals surface area (Å²) in [6, 6.07) is 0. The van der Waals surface area contributed by atoms with Gasteiger partial charge >= 0.3 is 12.1 Å². The number of thioether (sulfide) groups is 1. The Morgan fingerprint density at radius 1 is 1.20 bits per heavy atom. The van der Waals surface area contributed by atoms with Gasteiger partial charge in [-0.2, -0.15) is 0 Å². The molecule has 1 aliphatic heterocycles.